The number of carbonyl (C=O) groups is 3. The van der Waals surface area contributed by atoms with Gasteiger partial charge in [-0.1, -0.05) is 128 Å². The quantitative estimate of drug-likeness (QED) is 0.145. The fourth-order valence-electron chi connectivity index (χ4n) is 7.22. The summed E-state index contributed by atoms with van der Waals surface area (Å²) < 4.78 is 0. The molecule has 1 aliphatic carbocycles. The molecule has 3 N–H and O–H groups in total. The molecule has 1 fully saturated rings. The lowest BCUT2D eigenvalue weighted by Crippen LogP contribution is -2.50. The minimum absolute atomic E-state index is 0.199. The van der Waals surface area contributed by atoms with Gasteiger partial charge in [-0.05, 0) is 54.2 Å². The SMILES string of the molecule is C=CC[C@H](C(N)=O)[C@@H](CC1CCCC1)C(=O)NC1N=C(c2ccccc2)c2ccccc2N(Cc2cccc(-c3ccc(Cl)cc3Cl)c2)C1=O. The van der Waals surface area contributed by atoms with Gasteiger partial charge in [-0.3, -0.25) is 14.4 Å². The molecule has 1 aliphatic heterocycles. The van der Waals surface area contributed by atoms with Crippen LogP contribution in [0.25, 0.3) is 11.1 Å². The van der Waals surface area contributed by atoms with Crippen molar-refractivity contribution in [1.82, 2.24) is 5.32 Å². The van der Waals surface area contributed by atoms with Crippen LogP contribution in [0.1, 0.15) is 55.2 Å². The maximum absolute atomic E-state index is 14.7. The number of primary amides is 1. The Bertz CT molecular complexity index is 1920. The van der Waals surface area contributed by atoms with E-state index in [1.165, 1.54) is 0 Å². The van der Waals surface area contributed by atoms with Crippen molar-refractivity contribution in [3.8, 4) is 11.1 Å². The Hall–Kier alpha value is -4.72. The molecule has 0 bridgehead atoms. The van der Waals surface area contributed by atoms with E-state index in [-0.39, 0.29) is 13.0 Å². The lowest BCUT2D eigenvalue weighted by atomic mass is 9.80. The summed E-state index contributed by atoms with van der Waals surface area (Å²) in [5.41, 5.74) is 11.2. The van der Waals surface area contributed by atoms with Crippen LogP contribution < -0.4 is 16.0 Å². The van der Waals surface area contributed by atoms with Crippen molar-refractivity contribution in [2.45, 2.75) is 51.2 Å². The highest BCUT2D eigenvalue weighted by Gasteiger charge is 2.38. The van der Waals surface area contributed by atoms with Gasteiger partial charge in [0.1, 0.15) is 0 Å². The number of allylic oxidation sites excluding steroid dienone is 1. The fourth-order valence-corrected chi connectivity index (χ4v) is 7.73. The highest BCUT2D eigenvalue weighted by molar-refractivity contribution is 6.36. The van der Waals surface area contributed by atoms with Crippen molar-refractivity contribution < 1.29 is 14.4 Å². The highest BCUT2D eigenvalue weighted by Crippen LogP contribution is 2.36. The van der Waals surface area contributed by atoms with Crippen LogP contribution in [0.3, 0.4) is 0 Å². The molecule has 1 heterocycles. The molecule has 0 spiro atoms. The monoisotopic (exact) mass is 706 g/mol. The van der Waals surface area contributed by atoms with Gasteiger partial charge in [0.15, 0.2) is 0 Å². The van der Waals surface area contributed by atoms with Gasteiger partial charge in [-0.25, -0.2) is 4.99 Å². The normalized spacial score (nSPS) is 17.3. The van der Waals surface area contributed by atoms with E-state index in [4.69, 9.17) is 33.9 Å². The smallest absolute Gasteiger partial charge is 0.272 e. The predicted octanol–water partition coefficient (Wildman–Crippen LogP) is 8.36. The summed E-state index contributed by atoms with van der Waals surface area (Å²) in [6.45, 7) is 4.01. The largest absolute Gasteiger partial charge is 0.369 e. The second-order valence-corrected chi connectivity index (χ2v) is 13.9. The van der Waals surface area contributed by atoms with E-state index >= 15 is 0 Å². The molecule has 2 aliphatic rings. The minimum atomic E-state index is -1.26. The number of rotatable bonds is 12. The van der Waals surface area contributed by atoms with Gasteiger partial charge in [-0.2, -0.15) is 0 Å². The van der Waals surface area contributed by atoms with E-state index < -0.39 is 35.7 Å². The number of carbonyl (C=O) groups excluding carboxylic acids is 3. The van der Waals surface area contributed by atoms with Crippen LogP contribution in [-0.4, -0.2) is 29.6 Å². The molecule has 0 radical (unpaired) electrons. The fraction of sp³-hybridized carbons (Fsp3) is 0.268. The molecule has 9 heteroatoms. The van der Waals surface area contributed by atoms with Gasteiger partial charge in [0, 0.05) is 26.7 Å². The molecule has 4 aromatic rings. The average Bonchev–Trinajstić information content (AvgIpc) is 3.60. The van der Waals surface area contributed by atoms with Gasteiger partial charge in [0.05, 0.1) is 29.8 Å². The molecule has 1 unspecified atom stereocenters. The minimum Gasteiger partial charge on any atom is -0.369 e. The first kappa shape index (κ1) is 35.1. The zero-order chi connectivity index (χ0) is 35.2. The first-order valence-electron chi connectivity index (χ1n) is 17.0. The molecule has 7 nitrogen and oxygen atoms in total. The number of halogens is 2. The maximum Gasteiger partial charge on any atom is 0.272 e. The van der Waals surface area contributed by atoms with Crippen LogP contribution in [0.15, 0.2) is 115 Å². The molecule has 50 heavy (non-hydrogen) atoms. The molecule has 3 amide bonds. The number of nitrogens with two attached hydrogens (primary N) is 1. The van der Waals surface area contributed by atoms with Crippen molar-refractivity contribution in [3.63, 3.8) is 0 Å². The first-order valence-corrected chi connectivity index (χ1v) is 17.8. The summed E-state index contributed by atoms with van der Waals surface area (Å²) in [5, 5.41) is 4.05. The van der Waals surface area contributed by atoms with E-state index in [2.05, 4.69) is 11.9 Å². The van der Waals surface area contributed by atoms with Gasteiger partial charge < -0.3 is 16.0 Å². The Labute approximate surface area is 303 Å². The van der Waals surface area contributed by atoms with E-state index in [1.807, 2.05) is 84.9 Å². The summed E-state index contributed by atoms with van der Waals surface area (Å²) in [5.74, 6) is -2.54. The maximum atomic E-state index is 14.7. The highest BCUT2D eigenvalue weighted by atomic mass is 35.5. The second kappa shape index (κ2) is 15.9. The molecule has 0 aromatic heterocycles. The van der Waals surface area contributed by atoms with Crippen molar-refractivity contribution >= 4 is 52.3 Å². The number of benzodiazepines with no additional fused rings is 1. The topological polar surface area (TPSA) is 105 Å². The number of fused-ring (bicyclic) bond motifs is 1. The third kappa shape index (κ3) is 7.85. The first-order chi connectivity index (χ1) is 24.2. The van der Waals surface area contributed by atoms with Crippen molar-refractivity contribution in [2.75, 3.05) is 4.90 Å². The number of aliphatic imine (C=N–C) groups is 1. The zero-order valence-corrected chi connectivity index (χ0v) is 29.2. The van der Waals surface area contributed by atoms with Crippen LogP contribution in [0.2, 0.25) is 10.0 Å². The average molecular weight is 708 g/mol. The Morgan fingerprint density at radius 1 is 0.900 bits per heavy atom. The third-order valence-electron chi connectivity index (χ3n) is 9.71. The lowest BCUT2D eigenvalue weighted by Gasteiger charge is -2.29. The second-order valence-electron chi connectivity index (χ2n) is 13.0. The molecular weight excluding hydrogens is 667 g/mol. The molecule has 0 saturated heterocycles. The molecule has 1 saturated carbocycles. The predicted molar refractivity (Wildman–Crippen MR) is 201 cm³/mol. The molecule has 6 rings (SSSR count). The van der Waals surface area contributed by atoms with Crippen LogP contribution in [0.4, 0.5) is 5.69 Å². The summed E-state index contributed by atoms with van der Waals surface area (Å²) in [6.07, 6.45) is 5.30. The molecule has 256 valence electrons. The molecular formula is C41H40Cl2N4O3. The summed E-state index contributed by atoms with van der Waals surface area (Å²) in [7, 11) is 0. The lowest BCUT2D eigenvalue weighted by molar-refractivity contribution is -0.135. The van der Waals surface area contributed by atoms with E-state index in [1.54, 1.807) is 23.1 Å². The Balaban J connectivity index is 1.40. The summed E-state index contributed by atoms with van der Waals surface area (Å²) >= 11 is 12.7. The number of amides is 3. The standard InChI is InChI=1S/C41H40Cl2N4O3/c1-2-11-32(38(44)48)34(23-26-12-6-7-13-26)40(49)46-39-41(50)47(25-27-14-10-17-29(22-27)31-21-20-30(42)24-35(31)43)36-19-9-8-18-33(36)37(45-39)28-15-4-3-5-16-28/h2-5,8-10,14-22,24,26,32,34,39H,1,6-7,11-13,23,25H2,(H2,44,48)(H,46,49)/t32-,34+,39?/m0/s1. The van der Waals surface area contributed by atoms with Crippen LogP contribution in [0, 0.1) is 17.8 Å². The number of nitrogens with one attached hydrogen (secondary N) is 1. The Morgan fingerprint density at radius 2 is 1.62 bits per heavy atom. The molecule has 3 atom stereocenters. The zero-order valence-electron chi connectivity index (χ0n) is 27.7. The molecule has 4 aromatic carbocycles. The van der Waals surface area contributed by atoms with Crippen molar-refractivity contribution in [3.05, 3.63) is 136 Å². The van der Waals surface area contributed by atoms with Crippen molar-refractivity contribution in [1.29, 1.82) is 0 Å². The number of para-hydroxylation sites is 1. The van der Waals surface area contributed by atoms with Gasteiger partial charge in [0.2, 0.25) is 18.0 Å². The number of anilines is 1. The van der Waals surface area contributed by atoms with Crippen LogP contribution in [-0.2, 0) is 20.9 Å². The number of hydrogen-bond acceptors (Lipinski definition) is 4. The summed E-state index contributed by atoms with van der Waals surface area (Å²) in [6, 6.07) is 30.4. The Morgan fingerprint density at radius 3 is 2.34 bits per heavy atom. The van der Waals surface area contributed by atoms with Crippen molar-refractivity contribution in [2.24, 2.45) is 28.5 Å². The Kier molecular flexibility index (Phi) is 11.2. The van der Waals surface area contributed by atoms with Gasteiger partial charge in [0.25, 0.3) is 5.91 Å². The number of hydrogen-bond donors (Lipinski definition) is 2. The van der Waals surface area contributed by atoms with Crippen LogP contribution in [0.5, 0.6) is 0 Å². The number of nitrogens with zero attached hydrogens (tertiary/aromatic N) is 2. The van der Waals surface area contributed by atoms with E-state index in [0.717, 1.165) is 53.5 Å². The summed E-state index contributed by atoms with van der Waals surface area (Å²) in [4.78, 5) is 48.4. The third-order valence-corrected chi connectivity index (χ3v) is 10.3. The van der Waals surface area contributed by atoms with Gasteiger partial charge in [-0.15, -0.1) is 6.58 Å². The number of benzene rings is 4. The van der Waals surface area contributed by atoms with Gasteiger partial charge >= 0.3 is 0 Å². The van der Waals surface area contributed by atoms with E-state index in [0.29, 0.717) is 33.8 Å². The van der Waals surface area contributed by atoms with E-state index in [9.17, 15) is 14.4 Å². The van der Waals surface area contributed by atoms with Crippen LogP contribution >= 0.6 is 23.2 Å².